The second-order valence-corrected chi connectivity index (χ2v) is 4.21. The summed E-state index contributed by atoms with van der Waals surface area (Å²) in [5.41, 5.74) is 1.52. The van der Waals surface area contributed by atoms with Gasteiger partial charge in [-0.05, 0) is 26.0 Å². The molecule has 2 heterocycles. The molecule has 98 valence electrons. The van der Waals surface area contributed by atoms with Crippen molar-refractivity contribution in [1.29, 1.82) is 0 Å². The van der Waals surface area contributed by atoms with Crippen LogP contribution in [0.25, 0.3) is 11.5 Å². The fourth-order valence-electron chi connectivity index (χ4n) is 1.51. The van der Waals surface area contributed by atoms with Crippen molar-refractivity contribution < 1.29 is 9.53 Å². The number of hydrogen-bond acceptors (Lipinski definition) is 5. The van der Waals surface area contributed by atoms with Crippen LogP contribution in [0.15, 0.2) is 24.5 Å². The number of carbonyl (C=O) groups excluding carboxylic acids is 1. The van der Waals surface area contributed by atoms with Gasteiger partial charge in [0.15, 0.2) is 5.82 Å². The Morgan fingerprint density at radius 1 is 1.32 bits per heavy atom. The standard InChI is InChI=1S/C13H12ClN3O2/c1-3-19-13(18)10-7-16-12(17-8(10)2)11-5-4-9(14)6-15-11/h4-7H,3H2,1-2H3. The van der Waals surface area contributed by atoms with E-state index in [1.165, 1.54) is 12.4 Å². The maximum atomic E-state index is 11.6. The smallest absolute Gasteiger partial charge is 0.341 e. The SMILES string of the molecule is CCOC(=O)c1cnc(-c2ccc(Cl)cn2)nc1C. The number of rotatable bonds is 3. The summed E-state index contributed by atoms with van der Waals surface area (Å²) >= 11 is 5.77. The Labute approximate surface area is 115 Å². The summed E-state index contributed by atoms with van der Waals surface area (Å²) in [7, 11) is 0. The van der Waals surface area contributed by atoms with E-state index in [0.717, 1.165) is 0 Å². The van der Waals surface area contributed by atoms with Gasteiger partial charge in [-0.15, -0.1) is 0 Å². The largest absolute Gasteiger partial charge is 0.462 e. The van der Waals surface area contributed by atoms with Gasteiger partial charge in [-0.2, -0.15) is 0 Å². The number of nitrogens with zero attached hydrogens (tertiary/aromatic N) is 3. The van der Waals surface area contributed by atoms with E-state index >= 15 is 0 Å². The highest BCUT2D eigenvalue weighted by atomic mass is 35.5. The van der Waals surface area contributed by atoms with Crippen molar-refractivity contribution in [3.63, 3.8) is 0 Å². The topological polar surface area (TPSA) is 65.0 Å². The van der Waals surface area contributed by atoms with E-state index in [0.29, 0.717) is 34.4 Å². The third-order valence-corrected chi connectivity index (χ3v) is 2.65. The second kappa shape index (κ2) is 5.75. The maximum Gasteiger partial charge on any atom is 0.341 e. The zero-order valence-electron chi connectivity index (χ0n) is 10.6. The maximum absolute atomic E-state index is 11.6. The molecule has 0 saturated carbocycles. The van der Waals surface area contributed by atoms with Crippen LogP contribution in [0.4, 0.5) is 0 Å². The molecule has 0 aliphatic rings. The van der Waals surface area contributed by atoms with Crippen LogP contribution in [0.5, 0.6) is 0 Å². The highest BCUT2D eigenvalue weighted by Crippen LogP contribution is 2.16. The van der Waals surface area contributed by atoms with Crippen LogP contribution in [-0.4, -0.2) is 27.5 Å². The normalized spacial score (nSPS) is 10.3. The Kier molecular flexibility index (Phi) is 4.06. The van der Waals surface area contributed by atoms with Gasteiger partial charge in [0, 0.05) is 12.4 Å². The van der Waals surface area contributed by atoms with E-state index in [1.807, 2.05) is 0 Å². The first kappa shape index (κ1) is 13.4. The Hall–Kier alpha value is -2.01. The average molecular weight is 278 g/mol. The minimum atomic E-state index is -0.421. The van der Waals surface area contributed by atoms with Crippen LogP contribution in [0.1, 0.15) is 23.0 Å². The molecule has 0 spiro atoms. The first-order valence-electron chi connectivity index (χ1n) is 5.74. The van der Waals surface area contributed by atoms with Crippen LogP contribution in [-0.2, 0) is 4.74 Å². The predicted octanol–water partition coefficient (Wildman–Crippen LogP) is 2.68. The number of carbonyl (C=O) groups is 1. The highest BCUT2D eigenvalue weighted by Gasteiger charge is 2.13. The molecule has 0 aliphatic heterocycles. The summed E-state index contributed by atoms with van der Waals surface area (Å²) in [6, 6.07) is 3.43. The lowest BCUT2D eigenvalue weighted by Gasteiger charge is -2.06. The van der Waals surface area contributed by atoms with E-state index in [2.05, 4.69) is 15.0 Å². The van der Waals surface area contributed by atoms with Gasteiger partial charge in [0.05, 0.1) is 22.9 Å². The lowest BCUT2D eigenvalue weighted by molar-refractivity contribution is 0.0524. The van der Waals surface area contributed by atoms with Gasteiger partial charge in [-0.1, -0.05) is 11.6 Å². The molecular weight excluding hydrogens is 266 g/mol. The van der Waals surface area contributed by atoms with Gasteiger partial charge in [0.1, 0.15) is 5.69 Å². The third kappa shape index (κ3) is 3.06. The average Bonchev–Trinajstić information content (AvgIpc) is 2.39. The first-order chi connectivity index (χ1) is 9.11. The molecule has 0 N–H and O–H groups in total. The van der Waals surface area contributed by atoms with Crippen molar-refractivity contribution in [1.82, 2.24) is 15.0 Å². The molecule has 6 heteroatoms. The summed E-state index contributed by atoms with van der Waals surface area (Å²) in [5, 5.41) is 0.545. The summed E-state index contributed by atoms with van der Waals surface area (Å²) < 4.78 is 4.92. The number of pyridine rings is 1. The van der Waals surface area contributed by atoms with Crippen molar-refractivity contribution in [3.8, 4) is 11.5 Å². The molecule has 0 amide bonds. The zero-order valence-corrected chi connectivity index (χ0v) is 11.3. The summed E-state index contributed by atoms with van der Waals surface area (Å²) in [5.74, 6) is 0.0258. The Balaban J connectivity index is 2.33. The van der Waals surface area contributed by atoms with E-state index in [1.54, 1.807) is 26.0 Å². The lowest BCUT2D eigenvalue weighted by Crippen LogP contribution is -2.09. The van der Waals surface area contributed by atoms with E-state index in [-0.39, 0.29) is 0 Å². The molecule has 0 aromatic carbocycles. The van der Waals surface area contributed by atoms with Crippen molar-refractivity contribution in [2.75, 3.05) is 6.61 Å². The molecule has 0 saturated heterocycles. The van der Waals surface area contributed by atoms with Crippen LogP contribution < -0.4 is 0 Å². The van der Waals surface area contributed by atoms with Crippen molar-refractivity contribution in [2.24, 2.45) is 0 Å². The van der Waals surface area contributed by atoms with Crippen LogP contribution in [0.2, 0.25) is 5.02 Å². The Morgan fingerprint density at radius 3 is 2.68 bits per heavy atom. The molecule has 0 fully saturated rings. The molecule has 0 bridgehead atoms. The van der Waals surface area contributed by atoms with E-state index in [9.17, 15) is 4.79 Å². The number of aromatic nitrogens is 3. The highest BCUT2D eigenvalue weighted by molar-refractivity contribution is 6.30. The van der Waals surface area contributed by atoms with Crippen LogP contribution in [0, 0.1) is 6.92 Å². The molecule has 0 aliphatic carbocycles. The fraction of sp³-hybridized carbons (Fsp3) is 0.231. The van der Waals surface area contributed by atoms with Gasteiger partial charge >= 0.3 is 5.97 Å². The molecule has 0 atom stereocenters. The van der Waals surface area contributed by atoms with Crippen molar-refractivity contribution in [3.05, 3.63) is 40.8 Å². The molecule has 0 radical (unpaired) electrons. The molecular formula is C13H12ClN3O2. The minimum absolute atomic E-state index is 0.318. The van der Waals surface area contributed by atoms with Crippen LogP contribution in [0.3, 0.4) is 0 Å². The number of ether oxygens (including phenoxy) is 1. The summed E-state index contributed by atoms with van der Waals surface area (Å²) in [6.45, 7) is 3.80. The molecule has 2 aromatic heterocycles. The van der Waals surface area contributed by atoms with Gasteiger partial charge < -0.3 is 4.74 Å². The van der Waals surface area contributed by atoms with Crippen molar-refractivity contribution >= 4 is 17.6 Å². The second-order valence-electron chi connectivity index (χ2n) is 3.77. The molecule has 19 heavy (non-hydrogen) atoms. The molecule has 5 nitrogen and oxygen atoms in total. The van der Waals surface area contributed by atoms with Crippen molar-refractivity contribution in [2.45, 2.75) is 13.8 Å². The summed E-state index contributed by atoms with van der Waals surface area (Å²) in [6.07, 6.45) is 2.97. The summed E-state index contributed by atoms with van der Waals surface area (Å²) in [4.78, 5) is 24.1. The zero-order chi connectivity index (χ0) is 13.8. The fourth-order valence-corrected chi connectivity index (χ4v) is 1.62. The number of esters is 1. The predicted molar refractivity (Wildman–Crippen MR) is 71.0 cm³/mol. The number of aryl methyl sites for hydroxylation is 1. The monoisotopic (exact) mass is 277 g/mol. The minimum Gasteiger partial charge on any atom is -0.462 e. The lowest BCUT2D eigenvalue weighted by atomic mass is 10.2. The van der Waals surface area contributed by atoms with Gasteiger partial charge in [0.25, 0.3) is 0 Å². The number of halogens is 1. The molecule has 2 rings (SSSR count). The Morgan fingerprint density at radius 2 is 2.11 bits per heavy atom. The third-order valence-electron chi connectivity index (χ3n) is 2.43. The Bertz CT molecular complexity index is 599. The van der Waals surface area contributed by atoms with Gasteiger partial charge in [-0.3, -0.25) is 4.98 Å². The molecule has 0 unspecified atom stereocenters. The van der Waals surface area contributed by atoms with E-state index in [4.69, 9.17) is 16.3 Å². The van der Waals surface area contributed by atoms with Crippen LogP contribution >= 0.6 is 11.6 Å². The number of hydrogen-bond donors (Lipinski definition) is 0. The van der Waals surface area contributed by atoms with E-state index < -0.39 is 5.97 Å². The van der Waals surface area contributed by atoms with Gasteiger partial charge in [-0.25, -0.2) is 14.8 Å². The quantitative estimate of drug-likeness (QED) is 0.807. The van der Waals surface area contributed by atoms with Gasteiger partial charge in [0.2, 0.25) is 0 Å². The first-order valence-corrected chi connectivity index (χ1v) is 6.12. The molecule has 2 aromatic rings.